The number of H-pyrrole nitrogens is 1. The third-order valence-electron chi connectivity index (χ3n) is 3.78. The molecule has 3 rings (SSSR count). The molecule has 0 atom stereocenters. The standard InChI is InChI=1S/C13H15ClN4O2/c14-6-7-17(9-2-1-3-9)13-15-11-5-4-10(18(19)20)8-12(11)16-13/h4-5,8-9H,1-3,6-7H2,(H,15,16). The number of benzene rings is 1. The molecule has 1 saturated carbocycles. The van der Waals surface area contributed by atoms with Gasteiger partial charge < -0.3 is 9.88 Å². The predicted octanol–water partition coefficient (Wildman–Crippen LogP) is 3.07. The number of non-ortho nitro benzene ring substituents is 1. The summed E-state index contributed by atoms with van der Waals surface area (Å²) in [5, 5.41) is 10.8. The highest BCUT2D eigenvalue weighted by Gasteiger charge is 2.26. The Morgan fingerprint density at radius 3 is 2.90 bits per heavy atom. The average Bonchev–Trinajstić information content (AvgIpc) is 2.78. The first-order valence-corrected chi connectivity index (χ1v) is 7.19. The molecule has 1 fully saturated rings. The fraction of sp³-hybridized carbons (Fsp3) is 0.462. The van der Waals surface area contributed by atoms with Crippen LogP contribution in [-0.4, -0.2) is 33.4 Å². The van der Waals surface area contributed by atoms with Crippen molar-refractivity contribution in [2.75, 3.05) is 17.3 Å². The van der Waals surface area contributed by atoms with E-state index in [9.17, 15) is 10.1 Å². The SMILES string of the molecule is O=[N+]([O-])c1ccc2nc(N(CCCl)C3CCC3)[nH]c2c1. The monoisotopic (exact) mass is 294 g/mol. The highest BCUT2D eigenvalue weighted by Crippen LogP contribution is 2.30. The Bertz CT molecular complexity index is 638. The molecule has 0 bridgehead atoms. The minimum atomic E-state index is -0.400. The van der Waals surface area contributed by atoms with Crippen LogP contribution in [0.3, 0.4) is 0 Å². The number of aromatic nitrogens is 2. The van der Waals surface area contributed by atoms with Gasteiger partial charge in [-0.1, -0.05) is 0 Å². The number of anilines is 1. The maximum absolute atomic E-state index is 10.8. The molecule has 7 heteroatoms. The number of rotatable bonds is 5. The number of alkyl halides is 1. The van der Waals surface area contributed by atoms with Gasteiger partial charge >= 0.3 is 0 Å². The van der Waals surface area contributed by atoms with Crippen LogP contribution in [-0.2, 0) is 0 Å². The predicted molar refractivity (Wildman–Crippen MR) is 78.5 cm³/mol. The second-order valence-electron chi connectivity index (χ2n) is 4.99. The van der Waals surface area contributed by atoms with Crippen LogP contribution in [0.2, 0.25) is 0 Å². The Labute approximate surface area is 120 Å². The number of halogens is 1. The summed E-state index contributed by atoms with van der Waals surface area (Å²) in [7, 11) is 0. The Kier molecular flexibility index (Phi) is 3.48. The summed E-state index contributed by atoms with van der Waals surface area (Å²) in [5.41, 5.74) is 1.50. The molecule has 2 aromatic rings. The van der Waals surface area contributed by atoms with Gasteiger partial charge in [0.2, 0.25) is 5.95 Å². The first-order valence-electron chi connectivity index (χ1n) is 6.66. The first-order chi connectivity index (χ1) is 9.69. The molecule has 0 spiro atoms. The summed E-state index contributed by atoms with van der Waals surface area (Å²) in [6.07, 6.45) is 3.53. The minimum absolute atomic E-state index is 0.0697. The Hall–Kier alpha value is -1.82. The van der Waals surface area contributed by atoms with E-state index in [1.165, 1.54) is 18.6 Å². The van der Waals surface area contributed by atoms with Crippen molar-refractivity contribution >= 4 is 34.3 Å². The molecular weight excluding hydrogens is 280 g/mol. The van der Waals surface area contributed by atoms with Gasteiger partial charge in [0.1, 0.15) is 0 Å². The van der Waals surface area contributed by atoms with E-state index in [0.29, 0.717) is 17.4 Å². The zero-order valence-electron chi connectivity index (χ0n) is 10.9. The first kappa shape index (κ1) is 13.2. The maximum Gasteiger partial charge on any atom is 0.271 e. The second-order valence-corrected chi connectivity index (χ2v) is 5.36. The Balaban J connectivity index is 1.95. The number of imidazole rings is 1. The largest absolute Gasteiger partial charge is 0.338 e. The van der Waals surface area contributed by atoms with Crippen LogP contribution in [0.5, 0.6) is 0 Å². The topological polar surface area (TPSA) is 75.1 Å². The van der Waals surface area contributed by atoms with E-state index in [1.54, 1.807) is 6.07 Å². The number of nitro benzene ring substituents is 1. The highest BCUT2D eigenvalue weighted by atomic mass is 35.5. The second kappa shape index (κ2) is 5.28. The average molecular weight is 295 g/mol. The number of nitrogens with zero attached hydrogens (tertiary/aromatic N) is 3. The van der Waals surface area contributed by atoms with E-state index in [1.807, 2.05) is 0 Å². The number of nitro groups is 1. The zero-order chi connectivity index (χ0) is 14.1. The van der Waals surface area contributed by atoms with E-state index in [4.69, 9.17) is 11.6 Å². The van der Waals surface area contributed by atoms with Crippen LogP contribution in [0, 0.1) is 10.1 Å². The van der Waals surface area contributed by atoms with E-state index < -0.39 is 4.92 Å². The van der Waals surface area contributed by atoms with Gasteiger partial charge in [0.25, 0.3) is 5.69 Å². The van der Waals surface area contributed by atoms with Gasteiger partial charge in [-0.05, 0) is 25.3 Å². The van der Waals surface area contributed by atoms with Gasteiger partial charge in [0.05, 0.1) is 16.0 Å². The van der Waals surface area contributed by atoms with E-state index >= 15 is 0 Å². The molecule has 106 valence electrons. The van der Waals surface area contributed by atoms with Crippen molar-refractivity contribution < 1.29 is 4.92 Å². The van der Waals surface area contributed by atoms with Crippen molar-refractivity contribution in [3.8, 4) is 0 Å². The van der Waals surface area contributed by atoms with Crippen LogP contribution >= 0.6 is 11.6 Å². The van der Waals surface area contributed by atoms with Gasteiger partial charge in [0, 0.05) is 30.6 Å². The molecule has 0 amide bonds. The lowest BCUT2D eigenvalue weighted by atomic mass is 9.92. The lowest BCUT2D eigenvalue weighted by Crippen LogP contribution is -2.42. The van der Waals surface area contributed by atoms with Crippen LogP contribution in [0.1, 0.15) is 19.3 Å². The van der Waals surface area contributed by atoms with Gasteiger partial charge in [0.15, 0.2) is 0 Å². The van der Waals surface area contributed by atoms with Gasteiger partial charge in [-0.25, -0.2) is 4.98 Å². The molecular formula is C13H15ClN4O2. The molecule has 0 radical (unpaired) electrons. The number of fused-ring (bicyclic) bond motifs is 1. The summed E-state index contributed by atoms with van der Waals surface area (Å²) < 4.78 is 0. The maximum atomic E-state index is 10.8. The Morgan fingerprint density at radius 2 is 2.30 bits per heavy atom. The Morgan fingerprint density at radius 1 is 1.50 bits per heavy atom. The van der Waals surface area contributed by atoms with Crippen LogP contribution in [0.25, 0.3) is 11.0 Å². The summed E-state index contributed by atoms with van der Waals surface area (Å²) in [4.78, 5) is 20.3. The van der Waals surface area contributed by atoms with Crippen molar-refractivity contribution in [2.45, 2.75) is 25.3 Å². The molecule has 1 aromatic carbocycles. The molecule has 1 aliphatic rings. The molecule has 6 nitrogen and oxygen atoms in total. The molecule has 0 unspecified atom stereocenters. The highest BCUT2D eigenvalue weighted by molar-refractivity contribution is 6.18. The van der Waals surface area contributed by atoms with Crippen LogP contribution < -0.4 is 4.90 Å². The smallest absolute Gasteiger partial charge is 0.271 e. The van der Waals surface area contributed by atoms with Crippen molar-refractivity contribution in [3.05, 3.63) is 28.3 Å². The zero-order valence-corrected chi connectivity index (χ0v) is 11.6. The van der Waals surface area contributed by atoms with Gasteiger partial charge in [-0.15, -0.1) is 11.6 Å². The summed E-state index contributed by atoms with van der Waals surface area (Å²) in [5.74, 6) is 1.29. The van der Waals surface area contributed by atoms with Gasteiger partial charge in [-0.2, -0.15) is 0 Å². The van der Waals surface area contributed by atoms with Crippen LogP contribution in [0.4, 0.5) is 11.6 Å². The summed E-state index contributed by atoms with van der Waals surface area (Å²) in [6.45, 7) is 0.730. The minimum Gasteiger partial charge on any atom is -0.338 e. The number of hydrogen-bond donors (Lipinski definition) is 1. The summed E-state index contributed by atoms with van der Waals surface area (Å²) >= 11 is 5.86. The number of aromatic amines is 1. The molecule has 0 aliphatic heterocycles. The van der Waals surface area contributed by atoms with Crippen LogP contribution in [0.15, 0.2) is 18.2 Å². The number of nitrogens with one attached hydrogen (secondary N) is 1. The fourth-order valence-corrected chi connectivity index (χ4v) is 2.67. The molecule has 1 heterocycles. The molecule has 0 saturated heterocycles. The van der Waals surface area contributed by atoms with E-state index in [2.05, 4.69) is 14.9 Å². The lowest BCUT2D eigenvalue weighted by Gasteiger charge is -2.37. The van der Waals surface area contributed by atoms with E-state index in [-0.39, 0.29) is 5.69 Å². The molecule has 20 heavy (non-hydrogen) atoms. The summed E-state index contributed by atoms with van der Waals surface area (Å²) in [6, 6.07) is 5.14. The van der Waals surface area contributed by atoms with E-state index in [0.717, 1.165) is 30.9 Å². The molecule has 1 aromatic heterocycles. The van der Waals surface area contributed by atoms with Crippen molar-refractivity contribution in [1.82, 2.24) is 9.97 Å². The fourth-order valence-electron chi connectivity index (χ4n) is 2.48. The number of hydrogen-bond acceptors (Lipinski definition) is 4. The van der Waals surface area contributed by atoms with Crippen molar-refractivity contribution in [1.29, 1.82) is 0 Å². The third-order valence-corrected chi connectivity index (χ3v) is 3.95. The molecule has 1 N–H and O–H groups in total. The third kappa shape index (κ3) is 2.31. The molecule has 1 aliphatic carbocycles. The quantitative estimate of drug-likeness (QED) is 0.522. The van der Waals surface area contributed by atoms with Gasteiger partial charge in [-0.3, -0.25) is 10.1 Å². The lowest BCUT2D eigenvalue weighted by molar-refractivity contribution is -0.384. The van der Waals surface area contributed by atoms with Crippen molar-refractivity contribution in [2.24, 2.45) is 0 Å². The van der Waals surface area contributed by atoms with Crippen molar-refractivity contribution in [3.63, 3.8) is 0 Å². The normalized spacial score (nSPS) is 15.2.